The third-order valence-electron chi connectivity index (χ3n) is 3.26. The van der Waals surface area contributed by atoms with Gasteiger partial charge in [0.1, 0.15) is 11.3 Å². The molecule has 1 atom stereocenters. The predicted octanol–water partition coefficient (Wildman–Crippen LogP) is 3.26. The lowest BCUT2D eigenvalue weighted by Gasteiger charge is -2.14. The van der Waals surface area contributed by atoms with Gasteiger partial charge in [0.05, 0.1) is 5.02 Å². The minimum Gasteiger partial charge on any atom is -0.328 e. The van der Waals surface area contributed by atoms with Gasteiger partial charge in [-0.3, -0.25) is 0 Å². The summed E-state index contributed by atoms with van der Waals surface area (Å²) in [6.45, 7) is 2.63. The van der Waals surface area contributed by atoms with Crippen LogP contribution in [0.5, 0.6) is 0 Å². The number of nitrogens with zero attached hydrogens (tertiary/aromatic N) is 3. The Morgan fingerprint density at radius 3 is 3.05 bits per heavy atom. The molecule has 0 fully saturated rings. The van der Waals surface area contributed by atoms with E-state index in [2.05, 4.69) is 39.0 Å². The Kier molecular flexibility index (Phi) is 3.74. The highest BCUT2D eigenvalue weighted by molar-refractivity contribution is 7.09. The molecule has 20 heavy (non-hydrogen) atoms. The van der Waals surface area contributed by atoms with Gasteiger partial charge in [0.2, 0.25) is 0 Å². The zero-order chi connectivity index (χ0) is 14.1. The molecule has 0 saturated carbocycles. The van der Waals surface area contributed by atoms with Crippen molar-refractivity contribution in [2.24, 2.45) is 5.73 Å². The summed E-state index contributed by atoms with van der Waals surface area (Å²) in [5.74, 6) is 0.982. The number of rotatable bonds is 4. The van der Waals surface area contributed by atoms with Gasteiger partial charge in [-0.25, -0.2) is 9.97 Å². The van der Waals surface area contributed by atoms with Crippen LogP contribution in [0.1, 0.15) is 23.7 Å². The smallest absolute Gasteiger partial charge is 0.160 e. The van der Waals surface area contributed by atoms with Crippen LogP contribution in [0, 0.1) is 0 Å². The summed E-state index contributed by atoms with van der Waals surface area (Å²) >= 11 is 7.73. The summed E-state index contributed by atoms with van der Waals surface area (Å²) in [5.41, 5.74) is 7.50. The average Bonchev–Trinajstić information content (AvgIpc) is 3.05. The Balaban J connectivity index is 2.13. The SMILES string of the molecule is CC(CN)n1c(Cc2cccs2)nc2cc(Cl)cnc21. The second kappa shape index (κ2) is 5.52. The molecule has 0 radical (unpaired) electrons. The van der Waals surface area contributed by atoms with Crippen molar-refractivity contribution in [3.63, 3.8) is 0 Å². The molecule has 1 unspecified atom stereocenters. The number of thiophene rings is 1. The van der Waals surface area contributed by atoms with Crippen molar-refractivity contribution in [1.82, 2.24) is 14.5 Å². The second-order valence-electron chi connectivity index (χ2n) is 4.74. The Labute approximate surface area is 126 Å². The van der Waals surface area contributed by atoms with Crippen molar-refractivity contribution in [1.29, 1.82) is 0 Å². The van der Waals surface area contributed by atoms with Gasteiger partial charge in [-0.2, -0.15) is 0 Å². The fourth-order valence-electron chi connectivity index (χ4n) is 2.27. The largest absolute Gasteiger partial charge is 0.328 e. The van der Waals surface area contributed by atoms with Gasteiger partial charge in [-0.15, -0.1) is 11.3 Å². The van der Waals surface area contributed by atoms with E-state index >= 15 is 0 Å². The number of fused-ring (bicyclic) bond motifs is 1. The van der Waals surface area contributed by atoms with Gasteiger partial charge in [0, 0.05) is 30.1 Å². The molecule has 0 spiro atoms. The maximum Gasteiger partial charge on any atom is 0.160 e. The van der Waals surface area contributed by atoms with Gasteiger partial charge < -0.3 is 10.3 Å². The maximum atomic E-state index is 6.00. The van der Waals surface area contributed by atoms with E-state index in [0.29, 0.717) is 11.6 Å². The number of imidazole rings is 1. The second-order valence-corrected chi connectivity index (χ2v) is 6.20. The molecule has 6 heteroatoms. The van der Waals surface area contributed by atoms with Gasteiger partial charge in [0.15, 0.2) is 5.65 Å². The molecule has 0 aliphatic rings. The number of nitrogens with two attached hydrogens (primary N) is 1. The molecule has 3 rings (SSSR count). The maximum absolute atomic E-state index is 6.00. The Morgan fingerprint density at radius 2 is 2.35 bits per heavy atom. The van der Waals surface area contributed by atoms with Crippen LogP contribution in [0.15, 0.2) is 29.8 Å². The molecule has 104 valence electrons. The number of halogens is 1. The highest BCUT2D eigenvalue weighted by Gasteiger charge is 2.17. The predicted molar refractivity (Wildman–Crippen MR) is 83.4 cm³/mol. The van der Waals surface area contributed by atoms with Crippen LogP contribution in [-0.2, 0) is 6.42 Å². The highest BCUT2D eigenvalue weighted by Crippen LogP contribution is 2.24. The molecule has 3 aromatic heterocycles. The molecular weight excluding hydrogens is 292 g/mol. The average molecular weight is 307 g/mol. The van der Waals surface area contributed by atoms with Crippen LogP contribution in [0.25, 0.3) is 11.2 Å². The first-order chi connectivity index (χ1) is 9.69. The van der Waals surface area contributed by atoms with Crippen molar-refractivity contribution in [2.75, 3.05) is 6.54 Å². The lowest BCUT2D eigenvalue weighted by Crippen LogP contribution is -2.18. The van der Waals surface area contributed by atoms with Gasteiger partial charge in [0.25, 0.3) is 0 Å². The lowest BCUT2D eigenvalue weighted by molar-refractivity contribution is 0.549. The van der Waals surface area contributed by atoms with E-state index in [1.807, 2.05) is 6.07 Å². The Bertz CT molecular complexity index is 720. The highest BCUT2D eigenvalue weighted by atomic mass is 35.5. The van der Waals surface area contributed by atoms with E-state index in [0.717, 1.165) is 23.4 Å². The van der Waals surface area contributed by atoms with E-state index in [9.17, 15) is 0 Å². The Morgan fingerprint density at radius 1 is 1.50 bits per heavy atom. The first-order valence-corrected chi connectivity index (χ1v) is 7.69. The van der Waals surface area contributed by atoms with Crippen LogP contribution in [0.2, 0.25) is 5.02 Å². The first kappa shape index (κ1) is 13.5. The van der Waals surface area contributed by atoms with Crippen LogP contribution in [0.3, 0.4) is 0 Å². The third-order valence-corrected chi connectivity index (χ3v) is 4.35. The third kappa shape index (κ3) is 2.44. The summed E-state index contributed by atoms with van der Waals surface area (Å²) in [5, 5.41) is 2.68. The first-order valence-electron chi connectivity index (χ1n) is 6.44. The molecule has 3 heterocycles. The summed E-state index contributed by atoms with van der Waals surface area (Å²) in [7, 11) is 0. The monoisotopic (exact) mass is 306 g/mol. The van der Waals surface area contributed by atoms with Crippen molar-refractivity contribution in [3.8, 4) is 0 Å². The van der Waals surface area contributed by atoms with Crippen molar-refractivity contribution < 1.29 is 0 Å². The van der Waals surface area contributed by atoms with Crippen molar-refractivity contribution in [3.05, 3.63) is 45.5 Å². The van der Waals surface area contributed by atoms with Crippen LogP contribution < -0.4 is 5.73 Å². The minimum atomic E-state index is 0.156. The molecule has 0 saturated heterocycles. The van der Waals surface area contributed by atoms with Gasteiger partial charge >= 0.3 is 0 Å². The van der Waals surface area contributed by atoms with Crippen LogP contribution in [0.4, 0.5) is 0 Å². The van der Waals surface area contributed by atoms with Crippen LogP contribution in [-0.4, -0.2) is 21.1 Å². The number of pyridine rings is 1. The standard InChI is InChI=1S/C14H15ClN4S/c1-9(7-16)19-13(6-11-3-2-4-20-11)18-12-5-10(15)8-17-14(12)19/h2-5,8-9H,6-7,16H2,1H3. The molecule has 0 aliphatic heterocycles. The molecule has 4 nitrogen and oxygen atoms in total. The van der Waals surface area contributed by atoms with E-state index in [4.69, 9.17) is 17.3 Å². The van der Waals surface area contributed by atoms with Crippen molar-refractivity contribution >= 4 is 34.1 Å². The summed E-state index contributed by atoms with van der Waals surface area (Å²) in [4.78, 5) is 10.4. The fourth-order valence-corrected chi connectivity index (χ4v) is 3.12. The number of hydrogen-bond donors (Lipinski definition) is 1. The van der Waals surface area contributed by atoms with Gasteiger partial charge in [-0.1, -0.05) is 17.7 Å². The fraction of sp³-hybridized carbons (Fsp3) is 0.286. The van der Waals surface area contributed by atoms with Crippen molar-refractivity contribution in [2.45, 2.75) is 19.4 Å². The summed E-state index contributed by atoms with van der Waals surface area (Å²) in [6.07, 6.45) is 2.44. The quantitative estimate of drug-likeness (QED) is 0.805. The molecule has 2 N–H and O–H groups in total. The number of aromatic nitrogens is 3. The summed E-state index contributed by atoms with van der Waals surface area (Å²) < 4.78 is 2.12. The van der Waals surface area contributed by atoms with Crippen LogP contribution >= 0.6 is 22.9 Å². The molecule has 0 aromatic carbocycles. The van der Waals surface area contributed by atoms with E-state index in [-0.39, 0.29) is 6.04 Å². The van der Waals surface area contributed by atoms with E-state index < -0.39 is 0 Å². The zero-order valence-corrected chi connectivity index (χ0v) is 12.7. The molecule has 0 bridgehead atoms. The molecule has 3 aromatic rings. The zero-order valence-electron chi connectivity index (χ0n) is 11.1. The molecular formula is C14H15ClN4S. The van der Waals surface area contributed by atoms with E-state index in [1.54, 1.807) is 17.5 Å². The van der Waals surface area contributed by atoms with Gasteiger partial charge in [-0.05, 0) is 24.4 Å². The molecule has 0 aliphatic carbocycles. The lowest BCUT2D eigenvalue weighted by atomic mass is 10.3. The number of hydrogen-bond acceptors (Lipinski definition) is 4. The van der Waals surface area contributed by atoms with E-state index in [1.165, 1.54) is 4.88 Å². The minimum absolute atomic E-state index is 0.156. The normalized spacial score (nSPS) is 12.9. The molecule has 0 amide bonds. The summed E-state index contributed by atoms with van der Waals surface area (Å²) in [6, 6.07) is 6.17. The topological polar surface area (TPSA) is 56.7 Å². The Hall–Kier alpha value is -1.43.